The molecule has 0 bridgehead atoms. The van der Waals surface area contributed by atoms with Crippen molar-refractivity contribution in [2.75, 3.05) is 0 Å². The van der Waals surface area contributed by atoms with Gasteiger partial charge in [-0.1, -0.05) is 0 Å². The molecule has 0 aromatic rings. The fourth-order valence-corrected chi connectivity index (χ4v) is 1.94. The van der Waals surface area contributed by atoms with Gasteiger partial charge in [-0.3, -0.25) is 0 Å². The van der Waals surface area contributed by atoms with Gasteiger partial charge in [0.15, 0.2) is 0 Å². The number of halogens is 15. The van der Waals surface area contributed by atoms with Gasteiger partial charge in [-0.05, 0) is 0 Å². The quantitative estimate of drug-likeness (QED) is 0.408. The van der Waals surface area contributed by atoms with E-state index in [0.717, 1.165) is 0 Å². The second-order valence-corrected chi connectivity index (χ2v) is 6.27. The Morgan fingerprint density at radius 2 is 0.926 bits per heavy atom. The molecular formula is C8H3F15O3S. The van der Waals surface area contributed by atoms with Gasteiger partial charge in [0.25, 0.3) is 0 Å². The lowest BCUT2D eigenvalue weighted by atomic mass is 10.1. The molecule has 3 nitrogen and oxygen atoms in total. The van der Waals surface area contributed by atoms with E-state index in [1.807, 2.05) is 0 Å². The molecule has 0 amide bonds. The van der Waals surface area contributed by atoms with Gasteiger partial charge >= 0.3 is 51.3 Å². The highest BCUT2D eigenvalue weighted by Gasteiger charge is 2.87. The van der Waals surface area contributed by atoms with Gasteiger partial charge in [-0.25, -0.2) is 0 Å². The highest BCUT2D eigenvalue weighted by atomic mass is 32.2. The molecule has 0 aliphatic carbocycles. The maximum atomic E-state index is 13.0. The van der Waals surface area contributed by atoms with Crippen LogP contribution in [0.5, 0.6) is 0 Å². The third-order valence-corrected chi connectivity index (χ3v) is 3.87. The van der Waals surface area contributed by atoms with Crippen molar-refractivity contribution in [2.24, 2.45) is 0 Å². The Bertz CT molecular complexity index is 656. The minimum atomic E-state index is -8.49. The van der Waals surface area contributed by atoms with E-state index < -0.39 is 58.3 Å². The lowest BCUT2D eigenvalue weighted by molar-refractivity contribution is -0.388. The molecule has 0 fully saturated rings. The molecule has 0 radical (unpaired) electrons. The summed E-state index contributed by atoms with van der Waals surface area (Å²) in [6.45, 7) is -1.04. The zero-order valence-electron chi connectivity index (χ0n) is 11.8. The van der Waals surface area contributed by atoms with Crippen molar-refractivity contribution in [1.82, 2.24) is 0 Å². The van der Waals surface area contributed by atoms with Crippen LogP contribution in [0.15, 0.2) is 0 Å². The Morgan fingerprint density at radius 1 is 0.593 bits per heavy atom. The number of hydrogen-bond donors (Lipinski definition) is 0. The highest BCUT2D eigenvalue weighted by molar-refractivity contribution is 7.87. The Hall–Kier alpha value is -1.14. The number of rotatable bonds is 7. The Labute approximate surface area is 138 Å². The minimum Gasteiger partial charge on any atom is -0.200 e. The van der Waals surface area contributed by atoms with Crippen molar-refractivity contribution in [3.05, 3.63) is 0 Å². The topological polar surface area (TPSA) is 43.4 Å². The molecule has 0 aliphatic heterocycles. The Morgan fingerprint density at radius 3 is 1.19 bits per heavy atom. The van der Waals surface area contributed by atoms with Gasteiger partial charge < -0.3 is 0 Å². The van der Waals surface area contributed by atoms with E-state index in [1.54, 1.807) is 4.18 Å². The smallest absolute Gasteiger partial charge is 0.200 e. The van der Waals surface area contributed by atoms with Crippen molar-refractivity contribution in [2.45, 2.75) is 48.2 Å². The minimum absolute atomic E-state index is 1.04. The van der Waals surface area contributed by atoms with Gasteiger partial charge in [0.05, 0.1) is 0 Å². The van der Waals surface area contributed by atoms with Crippen molar-refractivity contribution in [1.29, 1.82) is 0 Å². The van der Waals surface area contributed by atoms with Crippen molar-refractivity contribution < 1.29 is 78.5 Å². The molecule has 0 rings (SSSR count). The first kappa shape index (κ1) is 25.9. The molecule has 0 aromatic carbocycles. The number of alkyl halides is 15. The molecular weight excluding hydrogens is 461 g/mol. The summed E-state index contributed by atoms with van der Waals surface area (Å²) in [5.74, 6) is -29.0. The van der Waals surface area contributed by atoms with Gasteiger partial charge in [-0.15, -0.1) is 0 Å². The van der Waals surface area contributed by atoms with Crippen LogP contribution in [0.25, 0.3) is 0 Å². The Balaban J connectivity index is 6.32. The third kappa shape index (κ3) is 3.75. The summed E-state index contributed by atoms with van der Waals surface area (Å²) >= 11 is 0. The molecule has 0 saturated heterocycles. The molecule has 0 aliphatic rings. The van der Waals surface area contributed by atoms with E-state index in [0.29, 0.717) is 0 Å². The first-order valence-corrected chi connectivity index (χ1v) is 6.90. The fraction of sp³-hybridized carbons (Fsp3) is 1.00. The summed E-state index contributed by atoms with van der Waals surface area (Å²) in [5.41, 5.74) is 0. The Kier molecular flexibility index (Phi) is 5.92. The van der Waals surface area contributed by atoms with E-state index in [4.69, 9.17) is 0 Å². The summed E-state index contributed by atoms with van der Waals surface area (Å²) in [4.78, 5) is 0. The molecule has 0 aromatic heterocycles. The monoisotopic (exact) mass is 464 g/mol. The second-order valence-electron chi connectivity index (χ2n) is 4.68. The summed E-state index contributed by atoms with van der Waals surface area (Å²) in [6.07, 6.45) is -14.9. The molecule has 0 atom stereocenters. The SMILES string of the molecule is CC(F)(F)C(F)(F)C(F)(F)OS(=O)(=O)C(F)(F)C(F)(F)C(F)(F)C(F)(F)F. The standard InChI is InChI=1S/C8H3F15O3S/c1-2(9,10)3(11,12)7(20,21)26-27(24,25)8(22,23)5(15,16)4(13,14)6(17,18)19/h1H3. The van der Waals surface area contributed by atoms with Crippen LogP contribution >= 0.6 is 0 Å². The molecule has 0 N–H and O–H groups in total. The largest absolute Gasteiger partial charge is 0.460 e. The summed E-state index contributed by atoms with van der Waals surface area (Å²) in [5, 5.41) is -7.93. The summed E-state index contributed by atoms with van der Waals surface area (Å²) in [7, 11) is -8.49. The molecule has 19 heteroatoms. The van der Waals surface area contributed by atoms with E-state index >= 15 is 0 Å². The normalized spacial score (nSPS) is 16.6. The van der Waals surface area contributed by atoms with Gasteiger partial charge in [0.2, 0.25) is 0 Å². The average Bonchev–Trinajstić information content (AvgIpc) is 2.33. The lowest BCUT2D eigenvalue weighted by Crippen LogP contribution is -2.65. The van der Waals surface area contributed by atoms with Crippen molar-refractivity contribution in [3.63, 3.8) is 0 Å². The van der Waals surface area contributed by atoms with Crippen LogP contribution in [-0.4, -0.2) is 49.6 Å². The summed E-state index contributed by atoms with van der Waals surface area (Å²) < 4.78 is 210. The number of hydrogen-bond acceptors (Lipinski definition) is 3. The van der Waals surface area contributed by atoms with E-state index in [2.05, 4.69) is 0 Å². The predicted octanol–water partition coefficient (Wildman–Crippen LogP) is 4.64. The van der Waals surface area contributed by atoms with E-state index in [-0.39, 0.29) is 0 Å². The van der Waals surface area contributed by atoms with E-state index in [1.165, 1.54) is 0 Å². The lowest BCUT2D eigenvalue weighted by Gasteiger charge is -2.34. The van der Waals surface area contributed by atoms with E-state index in [9.17, 15) is 74.3 Å². The molecule has 0 heterocycles. The maximum Gasteiger partial charge on any atom is 0.460 e. The second kappa shape index (κ2) is 6.18. The zero-order chi connectivity index (χ0) is 22.7. The van der Waals surface area contributed by atoms with Crippen LogP contribution in [0.1, 0.15) is 6.92 Å². The first-order chi connectivity index (χ1) is 11.2. The molecule has 0 unspecified atom stereocenters. The first-order valence-electron chi connectivity index (χ1n) is 5.49. The fourth-order valence-electron chi connectivity index (χ4n) is 1.02. The van der Waals surface area contributed by atoms with Crippen LogP contribution < -0.4 is 0 Å². The molecule has 27 heavy (non-hydrogen) atoms. The highest BCUT2D eigenvalue weighted by Crippen LogP contribution is 2.56. The maximum absolute atomic E-state index is 13.0. The van der Waals surface area contributed by atoms with Crippen LogP contribution in [0.3, 0.4) is 0 Å². The third-order valence-electron chi connectivity index (χ3n) is 2.56. The van der Waals surface area contributed by atoms with Crippen LogP contribution in [-0.2, 0) is 14.3 Å². The van der Waals surface area contributed by atoms with Crippen LogP contribution in [0.2, 0.25) is 0 Å². The van der Waals surface area contributed by atoms with Crippen LogP contribution in [0.4, 0.5) is 65.9 Å². The van der Waals surface area contributed by atoms with Gasteiger partial charge in [-0.2, -0.15) is 78.5 Å². The molecule has 0 saturated carbocycles. The average molecular weight is 464 g/mol. The van der Waals surface area contributed by atoms with Gasteiger partial charge in [0, 0.05) is 6.92 Å². The van der Waals surface area contributed by atoms with Crippen molar-refractivity contribution in [3.8, 4) is 0 Å². The summed E-state index contributed by atoms with van der Waals surface area (Å²) in [6, 6.07) is 0. The van der Waals surface area contributed by atoms with Gasteiger partial charge in [0.1, 0.15) is 0 Å². The predicted molar refractivity (Wildman–Crippen MR) is 51.4 cm³/mol. The molecule has 0 spiro atoms. The van der Waals surface area contributed by atoms with Crippen LogP contribution in [0, 0.1) is 0 Å². The van der Waals surface area contributed by atoms with Crippen molar-refractivity contribution >= 4 is 10.1 Å². The molecule has 164 valence electrons. The zero-order valence-corrected chi connectivity index (χ0v) is 12.6.